The van der Waals surface area contributed by atoms with Gasteiger partial charge in [0.05, 0.1) is 0 Å². The summed E-state index contributed by atoms with van der Waals surface area (Å²) in [5.41, 5.74) is 11.5. The Balaban J connectivity index is 1.16. The summed E-state index contributed by atoms with van der Waals surface area (Å²) in [5.74, 6) is 2.46. The largest absolute Gasteiger partial charge is 0.485 e. The summed E-state index contributed by atoms with van der Waals surface area (Å²) in [6.45, 7) is 1.72. The van der Waals surface area contributed by atoms with Gasteiger partial charge in [0.15, 0.2) is 0 Å². The van der Waals surface area contributed by atoms with Gasteiger partial charge in [-0.2, -0.15) is 0 Å². The number of nitrogens with zero attached hydrogens (tertiary/aromatic N) is 4. The van der Waals surface area contributed by atoms with Gasteiger partial charge in [0.2, 0.25) is 0 Å². The normalized spacial score (nSPS) is 24.7. The van der Waals surface area contributed by atoms with Gasteiger partial charge in [-0.1, -0.05) is 42.5 Å². The number of nitrogen functional groups attached to an aromatic ring is 1. The maximum atomic E-state index is 11.6. The molecule has 2 fully saturated rings. The molecule has 7 rings (SSSR count). The Morgan fingerprint density at radius 3 is 2.79 bits per heavy atom. The number of aliphatic carboxylic acids is 1. The number of likely N-dealkylation sites (tertiary alicyclic amines) is 1. The predicted molar refractivity (Wildman–Crippen MR) is 149 cm³/mol. The van der Waals surface area contributed by atoms with Crippen LogP contribution in [0.5, 0.6) is 5.75 Å². The van der Waals surface area contributed by atoms with Gasteiger partial charge in [-0.05, 0) is 68.2 Å². The summed E-state index contributed by atoms with van der Waals surface area (Å²) in [6, 6.07) is 16.4. The number of fused-ring (bicyclic) bond motifs is 2. The lowest BCUT2D eigenvalue weighted by Crippen LogP contribution is -2.42. The number of benzene rings is 2. The van der Waals surface area contributed by atoms with Crippen LogP contribution in [0.4, 0.5) is 5.82 Å². The molecule has 4 aromatic rings. The van der Waals surface area contributed by atoms with Crippen LogP contribution >= 0.6 is 0 Å². The first-order chi connectivity index (χ1) is 19.0. The highest BCUT2D eigenvalue weighted by atomic mass is 16.5. The predicted octanol–water partition coefficient (Wildman–Crippen LogP) is 5.09. The number of aromatic nitrogens is 3. The number of carboxylic acid groups (broad SMARTS) is 1. The number of anilines is 1. The zero-order valence-electron chi connectivity index (χ0n) is 21.9. The van der Waals surface area contributed by atoms with E-state index < -0.39 is 5.97 Å². The molecule has 0 radical (unpaired) electrons. The molecule has 2 atom stereocenters. The van der Waals surface area contributed by atoms with E-state index >= 15 is 0 Å². The summed E-state index contributed by atoms with van der Waals surface area (Å²) >= 11 is 0. The van der Waals surface area contributed by atoms with Crippen molar-refractivity contribution in [1.29, 1.82) is 0 Å². The van der Waals surface area contributed by atoms with Crippen LogP contribution in [0.3, 0.4) is 0 Å². The standard InChI is InChI=1S/C31H33N5O3/c32-29-28-27(22-9-8-21-10-11-25(39-26(21)17-22)20-5-2-1-3-6-20)34-30(36(28)14-12-33-29)23-15-19(16-23)18-35-13-4-7-24(35)31(37)38/h1-3,5-6,8-9,12,14,17,19,23-25H,4,7,10-11,13,15-16,18H2,(H2,32,33)(H,37,38)/t19?,23?,24-,25-/m0/s1. The zero-order valence-corrected chi connectivity index (χ0v) is 21.9. The minimum atomic E-state index is -0.695. The van der Waals surface area contributed by atoms with Gasteiger partial charge in [-0.3, -0.25) is 14.1 Å². The average Bonchev–Trinajstić information content (AvgIpc) is 3.56. The number of aryl methyl sites for hydroxylation is 1. The lowest BCUT2D eigenvalue weighted by atomic mass is 9.74. The van der Waals surface area contributed by atoms with Crippen LogP contribution in [0.25, 0.3) is 16.8 Å². The van der Waals surface area contributed by atoms with Crippen LogP contribution < -0.4 is 10.5 Å². The highest BCUT2D eigenvalue weighted by Crippen LogP contribution is 2.45. The van der Waals surface area contributed by atoms with Gasteiger partial charge in [0.25, 0.3) is 0 Å². The van der Waals surface area contributed by atoms with E-state index in [1.54, 1.807) is 6.20 Å². The SMILES string of the molecule is Nc1nccn2c(C3CC(CN4CCC[C@H]4C(=O)O)C3)nc(-c3ccc4c(c3)O[C@H](c3ccccc3)CC4)c12. The molecule has 2 aliphatic heterocycles. The van der Waals surface area contributed by atoms with Crippen molar-refractivity contribution < 1.29 is 14.6 Å². The molecule has 8 heteroatoms. The van der Waals surface area contributed by atoms with Crippen molar-refractivity contribution in [1.82, 2.24) is 19.3 Å². The third kappa shape index (κ3) is 4.33. The smallest absolute Gasteiger partial charge is 0.320 e. The molecule has 2 aromatic carbocycles. The molecule has 200 valence electrons. The zero-order chi connectivity index (χ0) is 26.5. The van der Waals surface area contributed by atoms with Gasteiger partial charge in [0, 0.05) is 30.4 Å². The Kier molecular flexibility index (Phi) is 6.00. The second kappa shape index (κ2) is 9.68. The van der Waals surface area contributed by atoms with Crippen LogP contribution in [0, 0.1) is 5.92 Å². The molecular formula is C31H33N5O3. The highest BCUT2D eigenvalue weighted by molar-refractivity contribution is 5.86. The lowest BCUT2D eigenvalue weighted by Gasteiger charge is -2.38. The fourth-order valence-corrected chi connectivity index (χ4v) is 6.75. The number of nitrogens with two attached hydrogens (primary N) is 1. The van der Waals surface area contributed by atoms with Crippen molar-refractivity contribution in [2.75, 3.05) is 18.8 Å². The molecule has 39 heavy (non-hydrogen) atoms. The second-order valence-electron chi connectivity index (χ2n) is 11.3. The number of rotatable bonds is 6. The molecule has 8 nitrogen and oxygen atoms in total. The minimum Gasteiger partial charge on any atom is -0.485 e. The van der Waals surface area contributed by atoms with Crippen LogP contribution in [0.1, 0.15) is 61.1 Å². The Labute approximate surface area is 227 Å². The Bertz CT molecular complexity index is 1530. The summed E-state index contributed by atoms with van der Waals surface area (Å²) < 4.78 is 8.58. The van der Waals surface area contributed by atoms with Crippen molar-refractivity contribution in [2.45, 2.75) is 56.6 Å². The molecule has 4 heterocycles. The topological polar surface area (TPSA) is 106 Å². The van der Waals surface area contributed by atoms with Gasteiger partial charge in [-0.15, -0.1) is 0 Å². The molecule has 3 aliphatic rings. The van der Waals surface area contributed by atoms with E-state index in [-0.39, 0.29) is 12.1 Å². The highest BCUT2D eigenvalue weighted by Gasteiger charge is 2.39. The Hall–Kier alpha value is -3.91. The molecule has 0 spiro atoms. The fourth-order valence-electron chi connectivity index (χ4n) is 6.75. The second-order valence-corrected chi connectivity index (χ2v) is 11.3. The summed E-state index contributed by atoms with van der Waals surface area (Å²) in [5, 5.41) is 9.54. The van der Waals surface area contributed by atoms with Crippen LogP contribution in [0.15, 0.2) is 60.9 Å². The number of carboxylic acids is 1. The fraction of sp³-hybridized carbons (Fsp3) is 0.387. The number of hydrogen-bond acceptors (Lipinski definition) is 6. The molecule has 3 N–H and O–H groups in total. The lowest BCUT2D eigenvalue weighted by molar-refractivity contribution is -0.142. The first kappa shape index (κ1) is 24.2. The van der Waals surface area contributed by atoms with Crippen LogP contribution in [0.2, 0.25) is 0 Å². The van der Waals surface area contributed by atoms with E-state index in [0.29, 0.717) is 17.7 Å². The molecule has 0 amide bonds. The van der Waals surface area contributed by atoms with Crippen LogP contribution in [-0.2, 0) is 11.2 Å². The molecule has 0 bridgehead atoms. The van der Waals surface area contributed by atoms with Gasteiger partial charge in [-0.25, -0.2) is 9.97 Å². The van der Waals surface area contributed by atoms with Crippen molar-refractivity contribution in [3.8, 4) is 17.0 Å². The minimum absolute atomic E-state index is 0.0400. The maximum absolute atomic E-state index is 11.6. The van der Waals surface area contributed by atoms with Gasteiger partial charge < -0.3 is 15.6 Å². The van der Waals surface area contributed by atoms with E-state index in [0.717, 1.165) is 80.0 Å². The van der Waals surface area contributed by atoms with Crippen molar-refractivity contribution in [2.24, 2.45) is 5.92 Å². The van der Waals surface area contributed by atoms with Crippen molar-refractivity contribution in [3.05, 3.63) is 77.9 Å². The van der Waals surface area contributed by atoms with E-state index in [2.05, 4.69) is 56.7 Å². The monoisotopic (exact) mass is 523 g/mol. The maximum Gasteiger partial charge on any atom is 0.320 e. The van der Waals surface area contributed by atoms with E-state index in [1.807, 2.05) is 12.3 Å². The molecule has 1 saturated carbocycles. The third-order valence-corrected chi connectivity index (χ3v) is 8.81. The quantitative estimate of drug-likeness (QED) is 0.363. The first-order valence-electron chi connectivity index (χ1n) is 14.0. The number of imidazole rings is 1. The van der Waals surface area contributed by atoms with Crippen molar-refractivity contribution >= 4 is 17.3 Å². The Morgan fingerprint density at radius 1 is 1.13 bits per heavy atom. The van der Waals surface area contributed by atoms with E-state index in [1.165, 1.54) is 11.1 Å². The first-order valence-corrected chi connectivity index (χ1v) is 14.0. The summed E-state index contributed by atoms with van der Waals surface area (Å²) in [6.07, 6.45) is 9.35. The summed E-state index contributed by atoms with van der Waals surface area (Å²) in [7, 11) is 0. The van der Waals surface area contributed by atoms with E-state index in [4.69, 9.17) is 15.5 Å². The van der Waals surface area contributed by atoms with Crippen LogP contribution in [-0.4, -0.2) is 49.5 Å². The molecule has 2 aromatic heterocycles. The van der Waals surface area contributed by atoms with Crippen molar-refractivity contribution in [3.63, 3.8) is 0 Å². The molecular weight excluding hydrogens is 490 g/mol. The molecule has 1 aliphatic carbocycles. The Morgan fingerprint density at radius 2 is 1.97 bits per heavy atom. The average molecular weight is 524 g/mol. The molecule has 1 saturated heterocycles. The van der Waals surface area contributed by atoms with Gasteiger partial charge in [0.1, 0.15) is 40.7 Å². The molecule has 0 unspecified atom stereocenters. The number of hydrogen-bond donors (Lipinski definition) is 2. The van der Waals surface area contributed by atoms with E-state index in [9.17, 15) is 9.90 Å². The van der Waals surface area contributed by atoms with Gasteiger partial charge >= 0.3 is 5.97 Å². The third-order valence-electron chi connectivity index (χ3n) is 8.81. The number of ether oxygens (including phenoxy) is 1. The summed E-state index contributed by atoms with van der Waals surface area (Å²) in [4.78, 5) is 23.3. The number of carbonyl (C=O) groups is 1.